The third-order valence-corrected chi connectivity index (χ3v) is 4.03. The Bertz CT molecular complexity index is 654. The van der Waals surface area contributed by atoms with Gasteiger partial charge >= 0.3 is 0 Å². The highest BCUT2D eigenvalue weighted by molar-refractivity contribution is 7.80. The van der Waals surface area contributed by atoms with Crippen LogP contribution in [0.1, 0.15) is 24.8 Å². The summed E-state index contributed by atoms with van der Waals surface area (Å²) in [5, 5.41) is 3.96. The molecule has 0 bridgehead atoms. The van der Waals surface area contributed by atoms with Crippen LogP contribution in [0.25, 0.3) is 10.9 Å². The maximum atomic E-state index is 11.9. The van der Waals surface area contributed by atoms with Gasteiger partial charge in [0, 0.05) is 29.6 Å². The number of hydrogen-bond acceptors (Lipinski definition) is 4. The zero-order chi connectivity index (χ0) is 14.7. The first kappa shape index (κ1) is 14.4. The molecule has 1 saturated heterocycles. The number of para-hydroxylation sites is 1. The molecule has 1 N–H and O–H groups in total. The Morgan fingerprint density at radius 3 is 3.19 bits per heavy atom. The van der Waals surface area contributed by atoms with Crippen molar-refractivity contribution in [1.82, 2.24) is 10.3 Å². The van der Waals surface area contributed by atoms with E-state index in [2.05, 4.69) is 22.9 Å². The first-order valence-electron chi connectivity index (χ1n) is 7.17. The molecule has 1 aliphatic heterocycles. The number of hydrogen-bond donors (Lipinski definition) is 2. The molecular weight excluding hydrogens is 284 g/mol. The maximum absolute atomic E-state index is 11.9. The Kier molecular flexibility index (Phi) is 4.41. The lowest BCUT2D eigenvalue weighted by atomic mass is 10.1. The van der Waals surface area contributed by atoms with Crippen LogP contribution in [-0.2, 0) is 16.1 Å². The molecule has 0 spiro atoms. The van der Waals surface area contributed by atoms with Crippen LogP contribution in [0.2, 0.25) is 0 Å². The zero-order valence-corrected chi connectivity index (χ0v) is 12.6. The van der Waals surface area contributed by atoms with E-state index in [1.54, 1.807) is 6.20 Å². The molecule has 1 atom stereocenters. The number of rotatable bonds is 4. The molecule has 2 heterocycles. The van der Waals surface area contributed by atoms with Crippen LogP contribution in [0.4, 0.5) is 0 Å². The van der Waals surface area contributed by atoms with E-state index in [-0.39, 0.29) is 12.0 Å². The third kappa shape index (κ3) is 3.54. The number of carbonyl (C=O) groups excluding carboxylic acids is 1. The van der Waals surface area contributed by atoms with E-state index in [1.165, 1.54) is 0 Å². The maximum Gasteiger partial charge on any atom is 0.222 e. The number of benzene rings is 1. The molecule has 1 amide bonds. The lowest BCUT2D eigenvalue weighted by Gasteiger charge is -2.10. The van der Waals surface area contributed by atoms with Crippen molar-refractivity contribution in [3.63, 3.8) is 0 Å². The number of thiol groups is 1. The second-order valence-corrected chi connectivity index (χ2v) is 5.79. The molecule has 1 aromatic heterocycles. The van der Waals surface area contributed by atoms with E-state index in [9.17, 15) is 4.79 Å². The summed E-state index contributed by atoms with van der Waals surface area (Å²) in [5.41, 5.74) is 1.87. The number of nitrogens with one attached hydrogen (secondary N) is 1. The van der Waals surface area contributed by atoms with E-state index >= 15 is 0 Å². The van der Waals surface area contributed by atoms with Crippen LogP contribution in [0.15, 0.2) is 35.4 Å². The van der Waals surface area contributed by atoms with Crippen LogP contribution in [0, 0.1) is 0 Å². The van der Waals surface area contributed by atoms with Gasteiger partial charge in [-0.3, -0.25) is 9.78 Å². The van der Waals surface area contributed by atoms with Gasteiger partial charge in [0.05, 0.1) is 18.0 Å². The fourth-order valence-electron chi connectivity index (χ4n) is 2.57. The van der Waals surface area contributed by atoms with Crippen molar-refractivity contribution in [1.29, 1.82) is 0 Å². The molecular formula is C16H18N2O2S. The standard InChI is InChI=1S/C16H18N2O2S/c19-15(8-13-4-2-6-20-13)17-9-11-7-12-3-1-5-14(21)16(12)18-10-11/h1,3,5,7,10,13,21H,2,4,6,8-9H2,(H,17,19). The minimum Gasteiger partial charge on any atom is -0.378 e. The molecule has 1 aliphatic rings. The summed E-state index contributed by atoms with van der Waals surface area (Å²) in [5.74, 6) is 0.0324. The SMILES string of the molecule is O=C(CC1CCCO1)NCc1cnc2c(S)cccc2c1. The number of nitrogens with zero attached hydrogens (tertiary/aromatic N) is 1. The van der Waals surface area contributed by atoms with Gasteiger partial charge in [0.2, 0.25) is 5.91 Å². The fraction of sp³-hybridized carbons (Fsp3) is 0.375. The number of aromatic nitrogens is 1. The van der Waals surface area contributed by atoms with E-state index in [1.807, 2.05) is 24.3 Å². The molecule has 0 saturated carbocycles. The van der Waals surface area contributed by atoms with Crippen LogP contribution in [-0.4, -0.2) is 23.6 Å². The van der Waals surface area contributed by atoms with Crippen molar-refractivity contribution in [2.24, 2.45) is 0 Å². The molecule has 4 nitrogen and oxygen atoms in total. The normalized spacial score (nSPS) is 18.0. The quantitative estimate of drug-likeness (QED) is 0.854. The number of carbonyl (C=O) groups is 1. The van der Waals surface area contributed by atoms with Crippen molar-refractivity contribution < 1.29 is 9.53 Å². The zero-order valence-electron chi connectivity index (χ0n) is 11.7. The lowest BCUT2D eigenvalue weighted by Crippen LogP contribution is -2.26. The highest BCUT2D eigenvalue weighted by Gasteiger charge is 2.18. The molecule has 0 aliphatic carbocycles. The molecule has 2 aromatic rings. The smallest absolute Gasteiger partial charge is 0.222 e. The highest BCUT2D eigenvalue weighted by Crippen LogP contribution is 2.20. The Balaban J connectivity index is 1.61. The van der Waals surface area contributed by atoms with Crippen LogP contribution < -0.4 is 5.32 Å². The summed E-state index contributed by atoms with van der Waals surface area (Å²) < 4.78 is 5.46. The Morgan fingerprint density at radius 1 is 1.48 bits per heavy atom. The number of fused-ring (bicyclic) bond motifs is 1. The van der Waals surface area contributed by atoms with E-state index in [0.29, 0.717) is 13.0 Å². The molecule has 0 radical (unpaired) electrons. The summed E-state index contributed by atoms with van der Waals surface area (Å²) in [7, 11) is 0. The largest absolute Gasteiger partial charge is 0.378 e. The third-order valence-electron chi connectivity index (χ3n) is 3.67. The Morgan fingerprint density at radius 2 is 2.38 bits per heavy atom. The first-order chi connectivity index (χ1) is 10.2. The summed E-state index contributed by atoms with van der Waals surface area (Å²) in [6.07, 6.45) is 4.36. The van der Waals surface area contributed by atoms with Gasteiger partial charge < -0.3 is 10.1 Å². The van der Waals surface area contributed by atoms with Gasteiger partial charge in [0.1, 0.15) is 0 Å². The van der Waals surface area contributed by atoms with Gasteiger partial charge in [-0.1, -0.05) is 12.1 Å². The predicted molar refractivity (Wildman–Crippen MR) is 84.4 cm³/mol. The summed E-state index contributed by atoms with van der Waals surface area (Å²) in [4.78, 5) is 17.1. The van der Waals surface area contributed by atoms with Crippen molar-refractivity contribution in [2.45, 2.75) is 36.8 Å². The molecule has 1 unspecified atom stereocenters. The fourth-order valence-corrected chi connectivity index (χ4v) is 2.84. The van der Waals surface area contributed by atoms with Crippen molar-refractivity contribution in [3.05, 3.63) is 36.0 Å². The number of ether oxygens (including phenoxy) is 1. The second-order valence-electron chi connectivity index (χ2n) is 5.31. The second kappa shape index (κ2) is 6.45. The number of amides is 1. The molecule has 3 rings (SSSR count). The van der Waals surface area contributed by atoms with E-state index in [4.69, 9.17) is 4.74 Å². The molecule has 1 fully saturated rings. The van der Waals surface area contributed by atoms with Crippen molar-refractivity contribution in [2.75, 3.05) is 6.61 Å². The molecule has 5 heteroatoms. The topological polar surface area (TPSA) is 51.2 Å². The molecule has 21 heavy (non-hydrogen) atoms. The number of pyridine rings is 1. The van der Waals surface area contributed by atoms with Crippen molar-refractivity contribution >= 4 is 29.4 Å². The first-order valence-corrected chi connectivity index (χ1v) is 7.62. The average molecular weight is 302 g/mol. The summed E-state index contributed by atoms with van der Waals surface area (Å²) >= 11 is 4.39. The minimum atomic E-state index is 0.0324. The Labute approximate surface area is 129 Å². The summed E-state index contributed by atoms with van der Waals surface area (Å²) in [6.45, 7) is 1.27. The van der Waals surface area contributed by atoms with Crippen LogP contribution >= 0.6 is 12.6 Å². The van der Waals surface area contributed by atoms with Gasteiger partial charge in [-0.2, -0.15) is 0 Å². The minimum absolute atomic E-state index is 0.0324. The van der Waals surface area contributed by atoms with Gasteiger partial charge in [-0.25, -0.2) is 0 Å². The molecule has 110 valence electrons. The predicted octanol–water partition coefficient (Wildman–Crippen LogP) is 2.71. The molecule has 1 aromatic carbocycles. The highest BCUT2D eigenvalue weighted by atomic mass is 32.1. The lowest BCUT2D eigenvalue weighted by molar-refractivity contribution is -0.123. The van der Waals surface area contributed by atoms with Gasteiger partial charge in [-0.15, -0.1) is 12.6 Å². The van der Waals surface area contributed by atoms with Gasteiger partial charge in [-0.05, 0) is 30.5 Å². The van der Waals surface area contributed by atoms with Gasteiger partial charge in [0.25, 0.3) is 0 Å². The van der Waals surface area contributed by atoms with Crippen LogP contribution in [0.3, 0.4) is 0 Å². The van der Waals surface area contributed by atoms with E-state index in [0.717, 1.165) is 40.8 Å². The Hall–Kier alpha value is -1.59. The van der Waals surface area contributed by atoms with Crippen molar-refractivity contribution in [3.8, 4) is 0 Å². The summed E-state index contributed by atoms with van der Waals surface area (Å²) in [6, 6.07) is 7.90. The van der Waals surface area contributed by atoms with Gasteiger partial charge in [0.15, 0.2) is 0 Å². The average Bonchev–Trinajstić information content (AvgIpc) is 2.98. The van der Waals surface area contributed by atoms with E-state index < -0.39 is 0 Å². The van der Waals surface area contributed by atoms with Crippen LogP contribution in [0.5, 0.6) is 0 Å². The monoisotopic (exact) mass is 302 g/mol.